The third-order valence-corrected chi connectivity index (χ3v) is 4.67. The van der Waals surface area contributed by atoms with Crippen molar-refractivity contribution in [1.29, 1.82) is 0 Å². The van der Waals surface area contributed by atoms with Crippen molar-refractivity contribution in [3.63, 3.8) is 0 Å². The highest BCUT2D eigenvalue weighted by Gasteiger charge is 2.22. The average Bonchev–Trinajstić information content (AvgIpc) is 2.61. The molecule has 0 bridgehead atoms. The zero-order valence-electron chi connectivity index (χ0n) is 15.6. The third-order valence-electron chi connectivity index (χ3n) is 4.43. The van der Waals surface area contributed by atoms with Gasteiger partial charge in [-0.3, -0.25) is 14.5 Å². The lowest BCUT2D eigenvalue weighted by atomic mass is 10.2. The third kappa shape index (κ3) is 6.50. The molecule has 6 nitrogen and oxygen atoms in total. The summed E-state index contributed by atoms with van der Waals surface area (Å²) in [6, 6.07) is 5.34. The van der Waals surface area contributed by atoms with Crippen molar-refractivity contribution in [2.45, 2.75) is 26.7 Å². The van der Waals surface area contributed by atoms with Gasteiger partial charge in [-0.1, -0.05) is 24.9 Å². The first-order valence-electron chi connectivity index (χ1n) is 9.15. The summed E-state index contributed by atoms with van der Waals surface area (Å²) in [5.74, 6) is 0.691. The fourth-order valence-corrected chi connectivity index (χ4v) is 3.05. The van der Waals surface area contributed by atoms with Crippen LogP contribution in [0.25, 0.3) is 0 Å². The van der Waals surface area contributed by atoms with Crippen LogP contribution in [-0.4, -0.2) is 67.5 Å². The van der Waals surface area contributed by atoms with Crippen LogP contribution >= 0.6 is 11.6 Å². The number of ether oxygens (including phenoxy) is 1. The molecule has 0 saturated carbocycles. The lowest BCUT2D eigenvalue weighted by molar-refractivity contribution is -0.135. The summed E-state index contributed by atoms with van der Waals surface area (Å²) in [7, 11) is 0. The van der Waals surface area contributed by atoms with Gasteiger partial charge < -0.3 is 15.0 Å². The van der Waals surface area contributed by atoms with Crippen molar-refractivity contribution in [1.82, 2.24) is 15.1 Å². The second kappa shape index (κ2) is 10.4. The molecule has 2 rings (SSSR count). The molecular weight excluding hydrogens is 354 g/mol. The van der Waals surface area contributed by atoms with E-state index in [-0.39, 0.29) is 18.4 Å². The van der Waals surface area contributed by atoms with E-state index in [0.717, 1.165) is 24.9 Å². The predicted molar refractivity (Wildman–Crippen MR) is 103 cm³/mol. The highest BCUT2D eigenvalue weighted by atomic mass is 35.5. The quantitative estimate of drug-likeness (QED) is 0.700. The molecule has 0 aromatic heterocycles. The summed E-state index contributed by atoms with van der Waals surface area (Å²) in [5.41, 5.74) is 0.907. The Bertz CT molecular complexity index is 616. The van der Waals surface area contributed by atoms with Gasteiger partial charge in [-0.25, -0.2) is 0 Å². The number of benzene rings is 1. The van der Waals surface area contributed by atoms with Crippen LogP contribution in [0.5, 0.6) is 5.75 Å². The number of nitrogens with zero attached hydrogens (tertiary/aromatic N) is 2. The van der Waals surface area contributed by atoms with E-state index in [0.29, 0.717) is 43.5 Å². The van der Waals surface area contributed by atoms with E-state index in [9.17, 15) is 9.59 Å². The zero-order chi connectivity index (χ0) is 18.9. The van der Waals surface area contributed by atoms with Gasteiger partial charge in [0.05, 0.1) is 6.54 Å². The number of amides is 2. The maximum atomic E-state index is 12.3. The molecule has 7 heteroatoms. The van der Waals surface area contributed by atoms with Gasteiger partial charge >= 0.3 is 0 Å². The molecule has 1 heterocycles. The standard InChI is InChI=1S/C19H28ClN3O3/c1-3-4-7-21-18(24)13-22-8-10-23(11-9-22)19(25)14-26-17-6-5-16(20)12-15(17)2/h5-6,12H,3-4,7-11,13-14H2,1-2H3,(H,21,24). The number of rotatable bonds is 8. The van der Waals surface area contributed by atoms with Gasteiger partial charge in [0.1, 0.15) is 5.75 Å². The lowest BCUT2D eigenvalue weighted by Gasteiger charge is -2.34. The number of halogens is 1. The van der Waals surface area contributed by atoms with E-state index in [1.807, 2.05) is 13.0 Å². The molecular formula is C19H28ClN3O3. The molecule has 1 aliphatic heterocycles. The molecule has 1 N–H and O–H groups in total. The van der Waals surface area contributed by atoms with Crippen molar-refractivity contribution in [3.8, 4) is 5.75 Å². The average molecular weight is 382 g/mol. The van der Waals surface area contributed by atoms with Gasteiger partial charge in [0.25, 0.3) is 5.91 Å². The maximum absolute atomic E-state index is 12.3. The number of carbonyl (C=O) groups excluding carboxylic acids is 2. The number of hydrogen-bond acceptors (Lipinski definition) is 4. The second-order valence-corrected chi connectivity index (χ2v) is 7.00. The normalized spacial score (nSPS) is 15.0. The monoisotopic (exact) mass is 381 g/mol. The van der Waals surface area contributed by atoms with Crippen molar-refractivity contribution in [3.05, 3.63) is 28.8 Å². The van der Waals surface area contributed by atoms with Gasteiger partial charge in [0.2, 0.25) is 5.91 Å². The minimum Gasteiger partial charge on any atom is -0.483 e. The summed E-state index contributed by atoms with van der Waals surface area (Å²) in [5, 5.41) is 3.57. The Kier molecular flexibility index (Phi) is 8.19. The number of aryl methyl sites for hydroxylation is 1. The Morgan fingerprint density at radius 2 is 1.96 bits per heavy atom. The van der Waals surface area contributed by atoms with Gasteiger partial charge in [0.15, 0.2) is 6.61 Å². The molecule has 1 aromatic rings. The molecule has 2 amide bonds. The number of piperazine rings is 1. The van der Waals surface area contributed by atoms with Gasteiger partial charge in [0, 0.05) is 37.7 Å². The maximum Gasteiger partial charge on any atom is 0.260 e. The van der Waals surface area contributed by atoms with E-state index in [1.54, 1.807) is 17.0 Å². The predicted octanol–water partition coefficient (Wildman–Crippen LogP) is 2.09. The number of unbranched alkanes of at least 4 members (excludes halogenated alkanes) is 1. The Hall–Kier alpha value is -1.79. The summed E-state index contributed by atoms with van der Waals surface area (Å²) in [4.78, 5) is 28.1. The fraction of sp³-hybridized carbons (Fsp3) is 0.579. The van der Waals surface area contributed by atoms with Crippen LogP contribution in [0.2, 0.25) is 5.02 Å². The molecule has 1 aliphatic rings. The molecule has 144 valence electrons. The van der Waals surface area contributed by atoms with Gasteiger partial charge in [-0.15, -0.1) is 0 Å². The van der Waals surface area contributed by atoms with E-state index in [4.69, 9.17) is 16.3 Å². The van der Waals surface area contributed by atoms with Crippen LogP contribution in [0.3, 0.4) is 0 Å². The molecule has 0 spiro atoms. The van der Waals surface area contributed by atoms with E-state index < -0.39 is 0 Å². The van der Waals surface area contributed by atoms with Crippen molar-refractivity contribution < 1.29 is 14.3 Å². The lowest BCUT2D eigenvalue weighted by Crippen LogP contribution is -2.52. The fourth-order valence-electron chi connectivity index (χ4n) is 2.82. The summed E-state index contributed by atoms with van der Waals surface area (Å²) in [6.07, 6.45) is 2.07. The Labute approximate surface area is 160 Å². The van der Waals surface area contributed by atoms with E-state index >= 15 is 0 Å². The first-order chi connectivity index (χ1) is 12.5. The molecule has 26 heavy (non-hydrogen) atoms. The van der Waals surface area contributed by atoms with E-state index in [1.165, 1.54) is 0 Å². The Morgan fingerprint density at radius 3 is 2.62 bits per heavy atom. The smallest absolute Gasteiger partial charge is 0.260 e. The van der Waals surface area contributed by atoms with Crippen LogP contribution in [-0.2, 0) is 9.59 Å². The minimum absolute atomic E-state index is 0.0139. The summed E-state index contributed by atoms with van der Waals surface area (Å²) < 4.78 is 5.63. The molecule has 1 saturated heterocycles. The molecule has 0 atom stereocenters. The van der Waals surface area contributed by atoms with Crippen molar-refractivity contribution in [2.75, 3.05) is 45.9 Å². The van der Waals surface area contributed by atoms with E-state index in [2.05, 4.69) is 17.1 Å². The number of carbonyl (C=O) groups is 2. The van der Waals surface area contributed by atoms with Crippen molar-refractivity contribution >= 4 is 23.4 Å². The summed E-state index contributed by atoms with van der Waals surface area (Å²) in [6.45, 7) is 7.77. The Morgan fingerprint density at radius 1 is 1.23 bits per heavy atom. The minimum atomic E-state index is -0.0357. The molecule has 1 fully saturated rings. The van der Waals surface area contributed by atoms with Gasteiger partial charge in [-0.2, -0.15) is 0 Å². The molecule has 0 aliphatic carbocycles. The van der Waals surface area contributed by atoms with Crippen LogP contribution < -0.4 is 10.1 Å². The largest absolute Gasteiger partial charge is 0.483 e. The number of nitrogens with one attached hydrogen (secondary N) is 1. The topological polar surface area (TPSA) is 61.9 Å². The highest BCUT2D eigenvalue weighted by Crippen LogP contribution is 2.21. The molecule has 1 aromatic carbocycles. The molecule has 0 radical (unpaired) electrons. The van der Waals surface area contributed by atoms with Crippen molar-refractivity contribution in [2.24, 2.45) is 0 Å². The van der Waals surface area contributed by atoms with Gasteiger partial charge in [-0.05, 0) is 37.1 Å². The first-order valence-corrected chi connectivity index (χ1v) is 9.53. The SMILES string of the molecule is CCCCNC(=O)CN1CCN(C(=O)COc2ccc(Cl)cc2C)CC1. The second-order valence-electron chi connectivity index (χ2n) is 6.56. The first kappa shape index (κ1) is 20.5. The Balaban J connectivity index is 1.70. The highest BCUT2D eigenvalue weighted by molar-refractivity contribution is 6.30. The van der Waals surface area contributed by atoms with Crippen LogP contribution in [0.4, 0.5) is 0 Å². The molecule has 0 unspecified atom stereocenters. The zero-order valence-corrected chi connectivity index (χ0v) is 16.3. The van der Waals surface area contributed by atoms with Crippen LogP contribution in [0, 0.1) is 6.92 Å². The van der Waals surface area contributed by atoms with Crippen LogP contribution in [0.15, 0.2) is 18.2 Å². The van der Waals surface area contributed by atoms with Crippen LogP contribution in [0.1, 0.15) is 25.3 Å². The number of hydrogen-bond donors (Lipinski definition) is 1. The summed E-state index contributed by atoms with van der Waals surface area (Å²) >= 11 is 5.92.